The minimum absolute atomic E-state index is 0.0174. The molecule has 4 nitrogen and oxygen atoms in total. The predicted molar refractivity (Wildman–Crippen MR) is 107 cm³/mol. The molecule has 1 aliphatic carbocycles. The molecule has 0 radical (unpaired) electrons. The lowest BCUT2D eigenvalue weighted by molar-refractivity contribution is 0.411. The van der Waals surface area contributed by atoms with Crippen molar-refractivity contribution in [1.29, 1.82) is 5.26 Å². The Bertz CT molecular complexity index is 1200. The van der Waals surface area contributed by atoms with E-state index >= 15 is 0 Å². The maximum Gasteiger partial charge on any atom is 0.259 e. The molecule has 1 aromatic heterocycles. The van der Waals surface area contributed by atoms with Crippen LogP contribution in [-0.4, -0.2) is 11.7 Å². The number of hydrogen-bond donors (Lipinski definition) is 0. The smallest absolute Gasteiger partial charge is 0.259 e. The molecule has 0 spiro atoms. The van der Waals surface area contributed by atoms with Gasteiger partial charge in [0.1, 0.15) is 23.3 Å². The van der Waals surface area contributed by atoms with Crippen molar-refractivity contribution in [2.75, 3.05) is 7.11 Å². The van der Waals surface area contributed by atoms with Gasteiger partial charge in [-0.2, -0.15) is 5.26 Å². The molecular weight excluding hydrogens is 355 g/mol. The minimum Gasteiger partial charge on any atom is -0.496 e. The van der Waals surface area contributed by atoms with E-state index in [-0.39, 0.29) is 17.3 Å². The second-order valence-electron chi connectivity index (χ2n) is 6.91. The SMILES string of the molecule is C=CCc1c(OC)ccc2c(=O)n(C3CC3)c(C#N)c(-c3cccc(F)c3)c12. The number of rotatable bonds is 5. The summed E-state index contributed by atoms with van der Waals surface area (Å²) in [4.78, 5) is 13.3. The number of benzene rings is 2. The van der Waals surface area contributed by atoms with Gasteiger partial charge < -0.3 is 4.74 Å². The second-order valence-corrected chi connectivity index (χ2v) is 6.91. The van der Waals surface area contributed by atoms with E-state index in [1.807, 2.05) is 0 Å². The third kappa shape index (κ3) is 2.78. The van der Waals surface area contributed by atoms with Crippen LogP contribution in [0.25, 0.3) is 21.9 Å². The zero-order chi connectivity index (χ0) is 19.8. The van der Waals surface area contributed by atoms with Gasteiger partial charge in [0.15, 0.2) is 0 Å². The van der Waals surface area contributed by atoms with E-state index in [1.165, 1.54) is 12.1 Å². The number of allylic oxidation sites excluding steroid dienone is 1. The van der Waals surface area contributed by atoms with Crippen molar-refractivity contribution in [3.05, 3.63) is 76.5 Å². The molecule has 5 heteroatoms. The molecule has 1 fully saturated rings. The summed E-state index contributed by atoms with van der Waals surface area (Å²) in [5, 5.41) is 11.1. The minimum atomic E-state index is -0.396. The van der Waals surface area contributed by atoms with Gasteiger partial charge in [-0.25, -0.2) is 4.39 Å². The molecule has 0 atom stereocenters. The van der Waals surface area contributed by atoms with E-state index in [9.17, 15) is 14.4 Å². The lowest BCUT2D eigenvalue weighted by Crippen LogP contribution is -2.23. The summed E-state index contributed by atoms with van der Waals surface area (Å²) in [6, 6.07) is 11.9. The molecule has 0 saturated heterocycles. The predicted octanol–water partition coefficient (Wildman–Crippen LogP) is 4.75. The van der Waals surface area contributed by atoms with Crippen LogP contribution in [0.1, 0.15) is 30.1 Å². The fourth-order valence-electron chi connectivity index (χ4n) is 3.82. The summed E-state index contributed by atoms with van der Waals surface area (Å²) in [6.07, 6.45) is 3.91. The van der Waals surface area contributed by atoms with Gasteiger partial charge >= 0.3 is 0 Å². The van der Waals surface area contributed by atoms with E-state index in [4.69, 9.17) is 4.74 Å². The van der Waals surface area contributed by atoms with Crippen LogP contribution >= 0.6 is 0 Å². The molecular formula is C23H19FN2O2. The van der Waals surface area contributed by atoms with Crippen molar-refractivity contribution in [3.8, 4) is 22.9 Å². The molecule has 2 aromatic carbocycles. The number of halogens is 1. The Hall–Kier alpha value is -3.39. The van der Waals surface area contributed by atoms with Crippen molar-refractivity contribution in [2.24, 2.45) is 0 Å². The van der Waals surface area contributed by atoms with Crippen LogP contribution < -0.4 is 10.3 Å². The highest BCUT2D eigenvalue weighted by molar-refractivity contribution is 6.01. The number of nitrogens with zero attached hydrogens (tertiary/aromatic N) is 2. The average molecular weight is 374 g/mol. The Labute approximate surface area is 162 Å². The highest BCUT2D eigenvalue weighted by Gasteiger charge is 2.31. The van der Waals surface area contributed by atoms with Crippen molar-refractivity contribution in [1.82, 2.24) is 4.57 Å². The monoisotopic (exact) mass is 374 g/mol. The standard InChI is InChI=1S/C23H19FN2O2/c1-3-5-17-20(28-2)11-10-18-22(17)21(14-6-4-7-15(24)12-14)19(13-25)26(23(18)27)16-8-9-16/h3-4,6-7,10-12,16H,1,5,8-9H2,2H3. The zero-order valence-electron chi connectivity index (χ0n) is 15.5. The lowest BCUT2D eigenvalue weighted by Gasteiger charge is -2.19. The molecule has 1 saturated carbocycles. The quantitative estimate of drug-likeness (QED) is 0.606. The van der Waals surface area contributed by atoms with E-state index < -0.39 is 5.82 Å². The van der Waals surface area contributed by atoms with E-state index in [2.05, 4.69) is 12.6 Å². The van der Waals surface area contributed by atoms with Gasteiger partial charge in [-0.15, -0.1) is 6.58 Å². The first kappa shape index (κ1) is 18.0. The van der Waals surface area contributed by atoms with Gasteiger partial charge in [0.2, 0.25) is 0 Å². The maximum absolute atomic E-state index is 14.0. The van der Waals surface area contributed by atoms with Gasteiger partial charge in [0, 0.05) is 27.9 Å². The molecule has 0 N–H and O–H groups in total. The van der Waals surface area contributed by atoms with Crippen LogP contribution in [0.15, 0.2) is 53.8 Å². The highest BCUT2D eigenvalue weighted by atomic mass is 19.1. The Morgan fingerprint density at radius 2 is 2.14 bits per heavy atom. The molecule has 0 amide bonds. The van der Waals surface area contributed by atoms with Gasteiger partial charge in [0.05, 0.1) is 7.11 Å². The first-order valence-electron chi connectivity index (χ1n) is 9.15. The first-order valence-corrected chi connectivity index (χ1v) is 9.15. The lowest BCUT2D eigenvalue weighted by atomic mass is 9.91. The Morgan fingerprint density at radius 1 is 1.36 bits per heavy atom. The van der Waals surface area contributed by atoms with E-state index in [0.717, 1.165) is 18.4 Å². The summed E-state index contributed by atoms with van der Waals surface area (Å²) < 4.78 is 21.1. The second kappa shape index (κ2) is 6.97. The molecule has 3 aromatic rings. The summed E-state index contributed by atoms with van der Waals surface area (Å²) in [5.41, 5.74) is 1.98. The third-order valence-electron chi connectivity index (χ3n) is 5.15. The number of methoxy groups -OCH3 is 1. The van der Waals surface area contributed by atoms with Gasteiger partial charge in [-0.3, -0.25) is 9.36 Å². The summed E-state index contributed by atoms with van der Waals surface area (Å²) >= 11 is 0. The number of nitriles is 1. The zero-order valence-corrected chi connectivity index (χ0v) is 15.5. The van der Waals surface area contributed by atoms with E-state index in [1.54, 1.807) is 42.0 Å². The topological polar surface area (TPSA) is 55.0 Å². The average Bonchev–Trinajstić information content (AvgIpc) is 3.53. The maximum atomic E-state index is 14.0. The van der Waals surface area contributed by atoms with Crippen molar-refractivity contribution >= 4 is 10.8 Å². The van der Waals surface area contributed by atoms with E-state index in [0.29, 0.717) is 34.1 Å². The fourth-order valence-corrected chi connectivity index (χ4v) is 3.82. The number of aromatic nitrogens is 1. The molecule has 28 heavy (non-hydrogen) atoms. The molecule has 140 valence electrons. The van der Waals surface area contributed by atoms with Gasteiger partial charge in [-0.1, -0.05) is 18.2 Å². The molecule has 4 rings (SSSR count). The largest absolute Gasteiger partial charge is 0.496 e. The van der Waals surface area contributed by atoms with Crippen molar-refractivity contribution in [3.63, 3.8) is 0 Å². The summed E-state index contributed by atoms with van der Waals surface area (Å²) in [5.74, 6) is 0.212. The van der Waals surface area contributed by atoms with Crippen LogP contribution in [0.3, 0.4) is 0 Å². The number of fused-ring (bicyclic) bond motifs is 1. The highest BCUT2D eigenvalue weighted by Crippen LogP contribution is 2.41. The van der Waals surface area contributed by atoms with Gasteiger partial charge in [-0.05, 0) is 49.1 Å². The normalized spacial score (nSPS) is 13.3. The fraction of sp³-hybridized carbons (Fsp3) is 0.217. The summed E-state index contributed by atoms with van der Waals surface area (Å²) in [7, 11) is 1.56. The van der Waals surface area contributed by atoms with Crippen LogP contribution in [0.2, 0.25) is 0 Å². The molecule has 0 aliphatic heterocycles. The van der Waals surface area contributed by atoms with Crippen LogP contribution in [-0.2, 0) is 6.42 Å². The van der Waals surface area contributed by atoms with Gasteiger partial charge in [0.25, 0.3) is 5.56 Å². The molecule has 0 bridgehead atoms. The summed E-state index contributed by atoms with van der Waals surface area (Å²) in [6.45, 7) is 3.81. The molecule has 1 heterocycles. The first-order chi connectivity index (χ1) is 13.6. The Morgan fingerprint density at radius 3 is 2.75 bits per heavy atom. The third-order valence-corrected chi connectivity index (χ3v) is 5.15. The Kier molecular flexibility index (Phi) is 4.48. The van der Waals surface area contributed by atoms with Crippen LogP contribution in [0, 0.1) is 17.1 Å². The Balaban J connectivity index is 2.26. The molecule has 0 unspecified atom stereocenters. The van der Waals surface area contributed by atoms with Crippen LogP contribution in [0.5, 0.6) is 5.75 Å². The van der Waals surface area contributed by atoms with Crippen LogP contribution in [0.4, 0.5) is 4.39 Å². The number of hydrogen-bond acceptors (Lipinski definition) is 3. The van der Waals surface area contributed by atoms with Crippen molar-refractivity contribution in [2.45, 2.75) is 25.3 Å². The number of ether oxygens (including phenoxy) is 1. The van der Waals surface area contributed by atoms with Crippen molar-refractivity contribution < 1.29 is 9.13 Å². The number of pyridine rings is 1. The molecule has 1 aliphatic rings.